The van der Waals surface area contributed by atoms with Gasteiger partial charge in [-0.2, -0.15) is 0 Å². The number of hydrogen-bond acceptors (Lipinski definition) is 4. The number of nitrogens with one attached hydrogen (secondary N) is 1. The van der Waals surface area contributed by atoms with E-state index in [-0.39, 0.29) is 4.90 Å². The first-order chi connectivity index (χ1) is 11.3. The van der Waals surface area contributed by atoms with E-state index in [0.717, 1.165) is 12.0 Å². The molecule has 0 atom stereocenters. The Morgan fingerprint density at radius 1 is 0.958 bits per heavy atom. The lowest BCUT2D eigenvalue weighted by atomic mass is 10.0. The topological polar surface area (TPSA) is 64.6 Å². The van der Waals surface area contributed by atoms with Gasteiger partial charge in [0.25, 0.3) is 10.0 Å². The average molecular weight is 349 g/mol. The SMILES string of the molecule is COc1cc(NS(=O)(=O)c2ccc(CC(C)C)cc2)cc(OC)c1. The van der Waals surface area contributed by atoms with Gasteiger partial charge >= 0.3 is 0 Å². The van der Waals surface area contributed by atoms with Crippen LogP contribution in [-0.2, 0) is 16.4 Å². The lowest BCUT2D eigenvalue weighted by Gasteiger charge is -2.12. The molecule has 0 radical (unpaired) electrons. The molecule has 2 rings (SSSR count). The highest BCUT2D eigenvalue weighted by molar-refractivity contribution is 7.92. The van der Waals surface area contributed by atoms with Crippen molar-refractivity contribution in [3.8, 4) is 11.5 Å². The van der Waals surface area contributed by atoms with Crippen molar-refractivity contribution in [1.29, 1.82) is 0 Å². The molecule has 5 nitrogen and oxygen atoms in total. The summed E-state index contributed by atoms with van der Waals surface area (Å²) in [5.41, 5.74) is 1.50. The Kier molecular flexibility index (Phi) is 5.72. The molecule has 24 heavy (non-hydrogen) atoms. The van der Waals surface area contributed by atoms with E-state index in [4.69, 9.17) is 9.47 Å². The summed E-state index contributed by atoms with van der Waals surface area (Å²) in [5.74, 6) is 1.55. The molecule has 2 aromatic rings. The van der Waals surface area contributed by atoms with Crippen LogP contribution in [-0.4, -0.2) is 22.6 Å². The summed E-state index contributed by atoms with van der Waals surface area (Å²) < 4.78 is 38.0. The molecule has 0 amide bonds. The maximum Gasteiger partial charge on any atom is 0.261 e. The molecule has 0 saturated carbocycles. The van der Waals surface area contributed by atoms with E-state index < -0.39 is 10.0 Å². The number of methoxy groups -OCH3 is 2. The van der Waals surface area contributed by atoms with Crippen molar-refractivity contribution in [2.24, 2.45) is 5.92 Å². The van der Waals surface area contributed by atoms with Crippen LogP contribution in [0.1, 0.15) is 19.4 Å². The molecular weight excluding hydrogens is 326 g/mol. The van der Waals surface area contributed by atoms with Crippen molar-refractivity contribution in [3.05, 3.63) is 48.0 Å². The van der Waals surface area contributed by atoms with Crippen LogP contribution in [0.15, 0.2) is 47.4 Å². The third-order valence-electron chi connectivity index (χ3n) is 3.48. The largest absolute Gasteiger partial charge is 0.497 e. The van der Waals surface area contributed by atoms with Crippen LogP contribution in [0, 0.1) is 5.92 Å². The molecule has 1 N–H and O–H groups in total. The van der Waals surface area contributed by atoms with E-state index >= 15 is 0 Å². The fourth-order valence-corrected chi connectivity index (χ4v) is 3.40. The molecule has 0 bridgehead atoms. The Hall–Kier alpha value is -2.21. The maximum atomic E-state index is 12.5. The lowest BCUT2D eigenvalue weighted by Crippen LogP contribution is -2.13. The summed E-state index contributed by atoms with van der Waals surface area (Å²) in [6.45, 7) is 4.25. The summed E-state index contributed by atoms with van der Waals surface area (Å²) in [6, 6.07) is 11.8. The van der Waals surface area contributed by atoms with Crippen LogP contribution in [0.4, 0.5) is 5.69 Å². The van der Waals surface area contributed by atoms with Gasteiger partial charge in [-0.3, -0.25) is 4.72 Å². The van der Waals surface area contributed by atoms with Gasteiger partial charge in [-0.25, -0.2) is 8.42 Å². The van der Waals surface area contributed by atoms with Crippen molar-refractivity contribution in [2.75, 3.05) is 18.9 Å². The van der Waals surface area contributed by atoms with Crippen molar-refractivity contribution in [2.45, 2.75) is 25.2 Å². The molecular formula is C18H23NO4S. The summed E-state index contributed by atoms with van der Waals surface area (Å²) in [5, 5.41) is 0. The number of ether oxygens (including phenoxy) is 2. The minimum atomic E-state index is -3.67. The summed E-state index contributed by atoms with van der Waals surface area (Å²) in [7, 11) is -0.641. The minimum absolute atomic E-state index is 0.219. The number of sulfonamides is 1. The Balaban J connectivity index is 2.25. The second-order valence-electron chi connectivity index (χ2n) is 5.95. The van der Waals surface area contributed by atoms with Gasteiger partial charge in [0.1, 0.15) is 11.5 Å². The number of benzene rings is 2. The molecule has 0 aliphatic heterocycles. The van der Waals surface area contributed by atoms with Crippen LogP contribution in [0.3, 0.4) is 0 Å². The number of hydrogen-bond donors (Lipinski definition) is 1. The van der Waals surface area contributed by atoms with E-state index in [9.17, 15) is 8.42 Å². The van der Waals surface area contributed by atoms with Crippen LogP contribution in [0.2, 0.25) is 0 Å². The van der Waals surface area contributed by atoms with Gasteiger partial charge in [-0.1, -0.05) is 26.0 Å². The third-order valence-corrected chi connectivity index (χ3v) is 4.88. The van der Waals surface area contributed by atoms with Crippen molar-refractivity contribution in [1.82, 2.24) is 0 Å². The molecule has 130 valence electrons. The van der Waals surface area contributed by atoms with Crippen molar-refractivity contribution >= 4 is 15.7 Å². The van der Waals surface area contributed by atoms with Crippen LogP contribution < -0.4 is 14.2 Å². The summed E-state index contributed by atoms with van der Waals surface area (Å²) in [4.78, 5) is 0.219. The number of anilines is 1. The Bertz CT molecular complexity index is 761. The molecule has 6 heteroatoms. The maximum absolute atomic E-state index is 12.5. The fraction of sp³-hybridized carbons (Fsp3) is 0.333. The molecule has 0 aliphatic rings. The van der Waals surface area contributed by atoms with Gasteiger partial charge in [0.15, 0.2) is 0 Å². The highest BCUT2D eigenvalue weighted by Crippen LogP contribution is 2.27. The molecule has 0 aliphatic carbocycles. The summed E-state index contributed by atoms with van der Waals surface area (Å²) in [6.07, 6.45) is 0.917. The highest BCUT2D eigenvalue weighted by Gasteiger charge is 2.15. The van der Waals surface area contributed by atoms with Crippen LogP contribution in [0.5, 0.6) is 11.5 Å². The zero-order chi connectivity index (χ0) is 17.7. The van der Waals surface area contributed by atoms with Gasteiger partial charge in [0.2, 0.25) is 0 Å². The Labute approximate surface area is 143 Å². The minimum Gasteiger partial charge on any atom is -0.497 e. The lowest BCUT2D eigenvalue weighted by molar-refractivity contribution is 0.395. The Morgan fingerprint density at radius 2 is 1.50 bits per heavy atom. The molecule has 2 aromatic carbocycles. The molecule has 0 spiro atoms. The third kappa shape index (κ3) is 4.64. The molecule has 0 heterocycles. The monoisotopic (exact) mass is 349 g/mol. The second kappa shape index (κ2) is 7.57. The highest BCUT2D eigenvalue weighted by atomic mass is 32.2. The smallest absolute Gasteiger partial charge is 0.261 e. The van der Waals surface area contributed by atoms with E-state index in [0.29, 0.717) is 23.1 Å². The standard InChI is InChI=1S/C18H23NO4S/c1-13(2)9-14-5-7-18(8-6-14)24(20,21)19-15-10-16(22-3)12-17(11-15)23-4/h5-8,10-13,19H,9H2,1-4H3. The van der Waals surface area contributed by atoms with Gasteiger partial charge in [0.05, 0.1) is 24.8 Å². The predicted octanol–water partition coefficient (Wildman–Crippen LogP) is 3.70. The van der Waals surface area contributed by atoms with Gasteiger partial charge in [0, 0.05) is 18.2 Å². The zero-order valence-corrected chi connectivity index (χ0v) is 15.2. The van der Waals surface area contributed by atoms with Crippen LogP contribution in [0.25, 0.3) is 0 Å². The number of rotatable bonds is 7. The zero-order valence-electron chi connectivity index (χ0n) is 14.4. The van der Waals surface area contributed by atoms with Gasteiger partial charge < -0.3 is 9.47 Å². The molecule has 0 unspecified atom stereocenters. The predicted molar refractivity (Wildman–Crippen MR) is 95.3 cm³/mol. The van der Waals surface area contributed by atoms with E-state index in [2.05, 4.69) is 18.6 Å². The fourth-order valence-electron chi connectivity index (χ4n) is 2.36. The molecule has 0 fully saturated rings. The van der Waals surface area contributed by atoms with Crippen molar-refractivity contribution < 1.29 is 17.9 Å². The average Bonchev–Trinajstić information content (AvgIpc) is 2.54. The quantitative estimate of drug-likeness (QED) is 0.828. The van der Waals surface area contributed by atoms with Gasteiger partial charge in [-0.15, -0.1) is 0 Å². The second-order valence-corrected chi connectivity index (χ2v) is 7.63. The first-order valence-electron chi connectivity index (χ1n) is 7.69. The first kappa shape index (κ1) is 18.1. The van der Waals surface area contributed by atoms with E-state index in [1.165, 1.54) is 14.2 Å². The summed E-state index contributed by atoms with van der Waals surface area (Å²) >= 11 is 0. The van der Waals surface area contributed by atoms with E-state index in [1.54, 1.807) is 30.3 Å². The Morgan fingerprint density at radius 3 is 1.96 bits per heavy atom. The molecule has 0 saturated heterocycles. The van der Waals surface area contributed by atoms with Gasteiger partial charge in [-0.05, 0) is 30.0 Å². The molecule has 0 aromatic heterocycles. The first-order valence-corrected chi connectivity index (χ1v) is 9.17. The van der Waals surface area contributed by atoms with Crippen LogP contribution >= 0.6 is 0 Å². The van der Waals surface area contributed by atoms with E-state index in [1.807, 2.05) is 12.1 Å². The normalized spacial score (nSPS) is 11.4. The van der Waals surface area contributed by atoms with Crippen molar-refractivity contribution in [3.63, 3.8) is 0 Å².